The number of halogens is 3. The second-order valence-electron chi connectivity index (χ2n) is 8.65. The molecule has 1 nitrogen and oxygen atoms in total. The van der Waals surface area contributed by atoms with E-state index >= 15 is 0 Å². The van der Waals surface area contributed by atoms with Gasteiger partial charge >= 0.3 is 6.08 Å². The Bertz CT molecular complexity index is 698. The fourth-order valence-electron chi connectivity index (χ4n) is 6.21. The molecule has 1 unspecified atom stereocenters. The van der Waals surface area contributed by atoms with Crippen molar-refractivity contribution < 1.29 is 18.0 Å². The number of hydrogen-bond acceptors (Lipinski definition) is 1. The summed E-state index contributed by atoms with van der Waals surface area (Å²) in [6.07, 6.45) is 6.84. The van der Waals surface area contributed by atoms with Crippen LogP contribution in [-0.4, -0.2) is 5.78 Å². The summed E-state index contributed by atoms with van der Waals surface area (Å²) in [4.78, 5) is 11.8. The number of rotatable bonds is 2. The van der Waals surface area contributed by atoms with E-state index < -0.39 is 11.9 Å². The van der Waals surface area contributed by atoms with Crippen LogP contribution in [0.25, 0.3) is 0 Å². The highest BCUT2D eigenvalue weighted by Crippen LogP contribution is 2.62. The van der Waals surface area contributed by atoms with Gasteiger partial charge in [-0.2, -0.15) is 8.78 Å². The van der Waals surface area contributed by atoms with Crippen molar-refractivity contribution in [2.24, 2.45) is 23.2 Å². The van der Waals surface area contributed by atoms with Crippen molar-refractivity contribution in [3.05, 3.63) is 34.7 Å². The van der Waals surface area contributed by atoms with Crippen molar-refractivity contribution >= 4 is 5.78 Å². The molecule has 0 saturated heterocycles. The van der Waals surface area contributed by atoms with Crippen molar-refractivity contribution in [1.82, 2.24) is 0 Å². The molecule has 0 amide bonds. The van der Waals surface area contributed by atoms with Crippen LogP contribution in [-0.2, 0) is 4.79 Å². The second-order valence-corrected chi connectivity index (χ2v) is 8.65. The molecule has 25 heavy (non-hydrogen) atoms. The first kappa shape index (κ1) is 17.1. The van der Waals surface area contributed by atoms with Gasteiger partial charge in [0.1, 0.15) is 0 Å². The molecule has 0 aromatic rings. The lowest BCUT2D eigenvalue weighted by atomic mass is 9.54. The zero-order chi connectivity index (χ0) is 17.8. The van der Waals surface area contributed by atoms with Gasteiger partial charge in [0, 0.05) is 12.8 Å². The van der Waals surface area contributed by atoms with Gasteiger partial charge in [0.15, 0.2) is 11.6 Å². The summed E-state index contributed by atoms with van der Waals surface area (Å²) in [5.74, 6) is -0.596. The van der Waals surface area contributed by atoms with Crippen molar-refractivity contribution in [3.63, 3.8) is 0 Å². The third-order valence-corrected chi connectivity index (χ3v) is 7.33. The minimum atomic E-state index is -2.19. The van der Waals surface area contributed by atoms with Crippen molar-refractivity contribution in [3.8, 4) is 0 Å². The van der Waals surface area contributed by atoms with Gasteiger partial charge in [-0.1, -0.05) is 18.9 Å². The molecule has 0 radical (unpaired) electrons. The van der Waals surface area contributed by atoms with Crippen LogP contribution >= 0.6 is 0 Å². The summed E-state index contributed by atoms with van der Waals surface area (Å²) >= 11 is 0. The zero-order valence-corrected chi connectivity index (χ0v) is 14.7. The van der Waals surface area contributed by atoms with Crippen LogP contribution in [0, 0.1) is 23.2 Å². The third kappa shape index (κ3) is 2.82. The Morgan fingerprint density at radius 1 is 1.20 bits per heavy atom. The molecular formula is C21H25F3O. The van der Waals surface area contributed by atoms with E-state index in [0.29, 0.717) is 18.8 Å². The van der Waals surface area contributed by atoms with E-state index in [1.165, 1.54) is 24.0 Å². The van der Waals surface area contributed by atoms with E-state index in [1.807, 2.05) is 0 Å². The maximum absolute atomic E-state index is 13.8. The van der Waals surface area contributed by atoms with Crippen molar-refractivity contribution in [1.29, 1.82) is 0 Å². The quantitative estimate of drug-likeness (QED) is 0.573. The first-order valence-corrected chi connectivity index (χ1v) is 9.54. The van der Waals surface area contributed by atoms with Gasteiger partial charge in [-0.15, -0.1) is 0 Å². The first-order valence-electron chi connectivity index (χ1n) is 9.54. The predicted molar refractivity (Wildman–Crippen MR) is 90.6 cm³/mol. The van der Waals surface area contributed by atoms with Gasteiger partial charge < -0.3 is 0 Å². The number of fused-ring (bicyclic) bond motifs is 4. The molecular weight excluding hydrogens is 325 g/mol. The molecule has 0 N–H and O–H groups in total. The lowest BCUT2D eigenvalue weighted by Gasteiger charge is -2.50. The predicted octanol–water partition coefficient (Wildman–Crippen LogP) is 6.28. The average molecular weight is 350 g/mol. The molecule has 0 aromatic heterocycles. The Balaban J connectivity index is 1.77. The highest BCUT2D eigenvalue weighted by atomic mass is 19.3. The molecule has 0 aliphatic heterocycles. The van der Waals surface area contributed by atoms with E-state index in [0.717, 1.165) is 31.3 Å². The van der Waals surface area contributed by atoms with E-state index in [1.54, 1.807) is 6.08 Å². The molecule has 4 aliphatic carbocycles. The van der Waals surface area contributed by atoms with Crippen LogP contribution in [0.15, 0.2) is 34.7 Å². The maximum atomic E-state index is 13.8. The minimum absolute atomic E-state index is 0.116. The van der Waals surface area contributed by atoms with Crippen LogP contribution in [0.5, 0.6) is 0 Å². The van der Waals surface area contributed by atoms with Crippen LogP contribution in [0.3, 0.4) is 0 Å². The lowest BCUT2D eigenvalue weighted by Crippen LogP contribution is -2.41. The van der Waals surface area contributed by atoms with Gasteiger partial charge in [-0.05, 0) is 78.9 Å². The molecule has 4 atom stereocenters. The third-order valence-electron chi connectivity index (χ3n) is 7.33. The Kier molecular flexibility index (Phi) is 4.20. The Morgan fingerprint density at radius 3 is 2.76 bits per heavy atom. The van der Waals surface area contributed by atoms with E-state index in [9.17, 15) is 18.0 Å². The zero-order valence-electron chi connectivity index (χ0n) is 14.7. The molecule has 0 bridgehead atoms. The molecule has 0 aromatic carbocycles. The summed E-state index contributed by atoms with van der Waals surface area (Å²) in [5.41, 5.74) is 3.94. The topological polar surface area (TPSA) is 17.1 Å². The fraction of sp³-hybridized carbons (Fsp3) is 0.667. The molecule has 4 rings (SSSR count). The SMILES string of the molecule is C[C@@]12CCC[C@H]1[C@H]1C(=C3CCC(=O)C=C3CC1CC(F)=C(F)F)CC2. The minimum Gasteiger partial charge on any atom is -0.295 e. The molecule has 4 heteroatoms. The highest BCUT2D eigenvalue weighted by molar-refractivity contribution is 5.93. The molecule has 136 valence electrons. The maximum Gasteiger partial charge on any atom is 0.301 e. The summed E-state index contributed by atoms with van der Waals surface area (Å²) in [5, 5.41) is 0. The van der Waals surface area contributed by atoms with Gasteiger partial charge in [-0.25, -0.2) is 4.39 Å². The van der Waals surface area contributed by atoms with E-state index in [4.69, 9.17) is 0 Å². The number of carbonyl (C=O) groups is 1. The van der Waals surface area contributed by atoms with E-state index in [2.05, 4.69) is 6.92 Å². The summed E-state index contributed by atoms with van der Waals surface area (Å²) in [7, 11) is 0. The molecule has 2 saturated carbocycles. The molecule has 4 aliphatic rings. The van der Waals surface area contributed by atoms with Gasteiger partial charge in [0.25, 0.3) is 0 Å². The van der Waals surface area contributed by atoms with Crippen LogP contribution in [0.1, 0.15) is 64.7 Å². The van der Waals surface area contributed by atoms with Crippen molar-refractivity contribution in [2.75, 3.05) is 0 Å². The van der Waals surface area contributed by atoms with Crippen molar-refractivity contribution in [2.45, 2.75) is 64.7 Å². The summed E-state index contributed by atoms with van der Waals surface area (Å²) in [6.45, 7) is 2.33. The normalized spacial score (nSPS) is 37.2. The number of carbonyl (C=O) groups excluding carboxylic acids is 1. The highest BCUT2D eigenvalue weighted by Gasteiger charge is 2.51. The largest absolute Gasteiger partial charge is 0.301 e. The van der Waals surface area contributed by atoms with Crippen LogP contribution in [0.4, 0.5) is 13.2 Å². The van der Waals surface area contributed by atoms with Crippen LogP contribution < -0.4 is 0 Å². The second kappa shape index (κ2) is 6.14. The molecule has 0 spiro atoms. The Labute approximate surface area is 147 Å². The van der Waals surface area contributed by atoms with Gasteiger partial charge in [0.2, 0.25) is 0 Å². The number of ketones is 1. The van der Waals surface area contributed by atoms with Crippen LogP contribution in [0.2, 0.25) is 0 Å². The summed E-state index contributed by atoms with van der Waals surface area (Å²) < 4.78 is 39.4. The summed E-state index contributed by atoms with van der Waals surface area (Å²) in [6, 6.07) is 0. The fourth-order valence-corrected chi connectivity index (χ4v) is 6.21. The number of hydrogen-bond donors (Lipinski definition) is 0. The van der Waals surface area contributed by atoms with E-state index in [-0.39, 0.29) is 29.5 Å². The molecule has 0 heterocycles. The first-order chi connectivity index (χ1) is 11.9. The average Bonchev–Trinajstić information content (AvgIpc) is 2.95. The monoisotopic (exact) mass is 350 g/mol. The van der Waals surface area contributed by atoms with Gasteiger partial charge in [0.05, 0.1) is 0 Å². The lowest BCUT2D eigenvalue weighted by molar-refractivity contribution is -0.114. The molecule has 2 fully saturated rings. The smallest absolute Gasteiger partial charge is 0.295 e. The van der Waals surface area contributed by atoms with Gasteiger partial charge in [-0.3, -0.25) is 4.79 Å². The standard InChI is InChI=1S/C21H25F3O/c1-21-7-2-3-17(21)19-13(11-18(22)20(23)24)9-12-10-14(25)4-5-15(12)16(19)6-8-21/h10,13,17,19H,2-9,11H2,1H3/t13?,17-,19+,21-/m0/s1. The Hall–Kier alpha value is -1.32. The Morgan fingerprint density at radius 2 is 2.00 bits per heavy atom. The number of allylic oxidation sites excluding steroid dienone is 5.